The molecule has 0 amide bonds. The van der Waals surface area contributed by atoms with Crippen molar-refractivity contribution in [3.63, 3.8) is 0 Å². The van der Waals surface area contributed by atoms with Crippen LogP contribution in [0.1, 0.15) is 56.2 Å². The summed E-state index contributed by atoms with van der Waals surface area (Å²) >= 11 is 0. The number of aryl methyl sites for hydroxylation is 1. The Morgan fingerprint density at radius 2 is 1.67 bits per heavy atom. The number of hydrogen-bond donors (Lipinski definition) is 1. The average molecular weight is 239 g/mol. The number of aromatic amines is 1. The first-order valence-corrected chi connectivity index (χ1v) is 7.49. The lowest BCUT2D eigenvalue weighted by molar-refractivity contribution is 0.250. The third kappa shape index (κ3) is 1.39. The summed E-state index contributed by atoms with van der Waals surface area (Å²) in [6.45, 7) is 0. The quantitative estimate of drug-likeness (QED) is 0.685. The van der Waals surface area contributed by atoms with Gasteiger partial charge in [0.1, 0.15) is 0 Å². The molecule has 1 fully saturated rings. The molecular weight excluding hydrogens is 218 g/mol. The smallest absolute Gasteiger partial charge is 0.0459 e. The molecule has 1 aromatic heterocycles. The number of aromatic nitrogens is 1. The Morgan fingerprint density at radius 3 is 2.56 bits per heavy atom. The summed E-state index contributed by atoms with van der Waals surface area (Å²) in [6, 6.07) is 8.87. The maximum Gasteiger partial charge on any atom is 0.0459 e. The van der Waals surface area contributed by atoms with Crippen molar-refractivity contribution >= 4 is 10.9 Å². The van der Waals surface area contributed by atoms with Gasteiger partial charge in [-0.1, -0.05) is 37.5 Å². The lowest BCUT2D eigenvalue weighted by Gasteiger charge is -2.40. The highest BCUT2D eigenvalue weighted by molar-refractivity contribution is 5.85. The molecule has 4 rings (SSSR count). The first-order chi connectivity index (χ1) is 8.89. The molecule has 1 nitrogen and oxygen atoms in total. The predicted molar refractivity (Wildman–Crippen MR) is 76.0 cm³/mol. The van der Waals surface area contributed by atoms with Gasteiger partial charge in [0, 0.05) is 22.0 Å². The normalized spacial score (nSPS) is 22.2. The Hall–Kier alpha value is -1.24. The van der Waals surface area contributed by atoms with Crippen molar-refractivity contribution in [1.82, 2.24) is 4.98 Å². The van der Waals surface area contributed by atoms with Crippen molar-refractivity contribution < 1.29 is 0 Å². The average Bonchev–Trinajstić information content (AvgIpc) is 2.81. The molecule has 0 radical (unpaired) electrons. The van der Waals surface area contributed by atoms with Crippen molar-refractivity contribution in [2.75, 3.05) is 0 Å². The fourth-order valence-corrected chi connectivity index (χ4v) is 4.37. The molecule has 2 aliphatic carbocycles. The van der Waals surface area contributed by atoms with Crippen LogP contribution in [0.25, 0.3) is 10.9 Å². The highest BCUT2D eigenvalue weighted by Crippen LogP contribution is 2.48. The fraction of sp³-hybridized carbons (Fsp3) is 0.529. The van der Waals surface area contributed by atoms with Crippen molar-refractivity contribution in [2.45, 2.75) is 56.8 Å². The molecule has 1 N–H and O–H groups in total. The third-order valence-electron chi connectivity index (χ3n) is 5.24. The number of nitrogens with one attached hydrogen (secondary N) is 1. The number of H-pyrrole nitrogens is 1. The Balaban J connectivity index is 1.93. The summed E-state index contributed by atoms with van der Waals surface area (Å²) in [4.78, 5) is 3.78. The number of fused-ring (bicyclic) bond motifs is 4. The molecule has 2 aliphatic rings. The van der Waals surface area contributed by atoms with Crippen molar-refractivity contribution in [1.29, 1.82) is 0 Å². The predicted octanol–water partition coefficient (Wildman–Crippen LogP) is 4.71. The van der Waals surface area contributed by atoms with Gasteiger partial charge in [0.25, 0.3) is 0 Å². The van der Waals surface area contributed by atoms with Gasteiger partial charge >= 0.3 is 0 Å². The molecule has 1 aromatic carbocycles. The second kappa shape index (κ2) is 3.88. The van der Waals surface area contributed by atoms with E-state index in [1.165, 1.54) is 62.3 Å². The molecule has 0 aliphatic heterocycles. The maximum atomic E-state index is 3.78. The number of rotatable bonds is 0. The molecular formula is C17H21N. The van der Waals surface area contributed by atoms with Gasteiger partial charge in [0.05, 0.1) is 0 Å². The van der Waals surface area contributed by atoms with Crippen LogP contribution >= 0.6 is 0 Å². The van der Waals surface area contributed by atoms with E-state index in [1.54, 1.807) is 11.3 Å². The number of benzene rings is 1. The van der Waals surface area contributed by atoms with Gasteiger partial charge in [0.2, 0.25) is 0 Å². The molecule has 1 heterocycles. The van der Waals surface area contributed by atoms with E-state index in [1.807, 2.05) is 0 Å². The Morgan fingerprint density at radius 1 is 0.889 bits per heavy atom. The minimum absolute atomic E-state index is 0.505. The van der Waals surface area contributed by atoms with Crippen LogP contribution < -0.4 is 0 Å². The summed E-state index contributed by atoms with van der Waals surface area (Å²) in [6.07, 6.45) is 11.2. The zero-order valence-corrected chi connectivity index (χ0v) is 11.0. The Bertz CT molecular complexity index is 572. The van der Waals surface area contributed by atoms with Gasteiger partial charge in [-0.15, -0.1) is 0 Å². The first-order valence-electron chi connectivity index (χ1n) is 7.49. The zero-order chi connectivity index (χ0) is 12.0. The monoisotopic (exact) mass is 239 g/mol. The molecule has 1 heteroatoms. The van der Waals surface area contributed by atoms with Crippen LogP contribution in [0.2, 0.25) is 0 Å². The van der Waals surface area contributed by atoms with Crippen molar-refractivity contribution in [2.24, 2.45) is 0 Å². The van der Waals surface area contributed by atoms with Gasteiger partial charge in [-0.3, -0.25) is 0 Å². The maximum absolute atomic E-state index is 3.78. The van der Waals surface area contributed by atoms with Gasteiger partial charge < -0.3 is 4.98 Å². The van der Waals surface area contributed by atoms with Crippen molar-refractivity contribution in [3.8, 4) is 0 Å². The van der Waals surface area contributed by atoms with Crippen molar-refractivity contribution in [3.05, 3.63) is 35.5 Å². The second-order valence-corrected chi connectivity index (χ2v) is 6.22. The van der Waals surface area contributed by atoms with E-state index in [0.29, 0.717) is 5.41 Å². The molecule has 94 valence electrons. The third-order valence-corrected chi connectivity index (χ3v) is 5.24. The van der Waals surface area contributed by atoms with Crippen LogP contribution in [0.15, 0.2) is 24.3 Å². The molecule has 0 saturated heterocycles. The fourth-order valence-electron chi connectivity index (χ4n) is 4.37. The standard InChI is InChI=1S/C17H21N/c1-4-10-17(11-5-1)12-6-8-14-13-7-2-3-9-15(13)18-16(14)17/h2-3,7,9,18H,1,4-6,8,10-12H2. The summed E-state index contributed by atoms with van der Waals surface area (Å²) in [5.41, 5.74) is 5.10. The largest absolute Gasteiger partial charge is 0.358 e. The van der Waals surface area contributed by atoms with Crippen LogP contribution in [0.5, 0.6) is 0 Å². The lowest BCUT2D eigenvalue weighted by atomic mass is 9.65. The topological polar surface area (TPSA) is 15.8 Å². The van der Waals surface area contributed by atoms with E-state index in [9.17, 15) is 0 Å². The van der Waals surface area contributed by atoms with E-state index >= 15 is 0 Å². The SMILES string of the molecule is c1ccc2c3c([nH]c2c1)C1(CCCCC1)CCC3. The minimum atomic E-state index is 0.505. The number of para-hydroxylation sites is 1. The lowest BCUT2D eigenvalue weighted by Crippen LogP contribution is -2.33. The Labute approximate surface area is 109 Å². The van der Waals surface area contributed by atoms with Crippen LogP contribution in [-0.2, 0) is 11.8 Å². The molecule has 2 aromatic rings. The van der Waals surface area contributed by atoms with E-state index in [0.717, 1.165) is 0 Å². The second-order valence-electron chi connectivity index (χ2n) is 6.22. The molecule has 18 heavy (non-hydrogen) atoms. The minimum Gasteiger partial charge on any atom is -0.358 e. The molecule has 0 bridgehead atoms. The zero-order valence-electron chi connectivity index (χ0n) is 11.0. The summed E-state index contributed by atoms with van der Waals surface area (Å²) in [5, 5.41) is 1.48. The van der Waals surface area contributed by atoms with Crippen LogP contribution in [0.4, 0.5) is 0 Å². The van der Waals surface area contributed by atoms with Crippen LogP contribution in [-0.4, -0.2) is 4.98 Å². The highest BCUT2D eigenvalue weighted by Gasteiger charge is 2.39. The van der Waals surface area contributed by atoms with Gasteiger partial charge in [0.15, 0.2) is 0 Å². The molecule has 0 atom stereocenters. The number of hydrogen-bond acceptors (Lipinski definition) is 0. The van der Waals surface area contributed by atoms with Crippen LogP contribution in [0.3, 0.4) is 0 Å². The summed E-state index contributed by atoms with van der Waals surface area (Å²) in [5.74, 6) is 0. The van der Waals surface area contributed by atoms with Crippen LogP contribution in [0, 0.1) is 0 Å². The summed E-state index contributed by atoms with van der Waals surface area (Å²) < 4.78 is 0. The van der Waals surface area contributed by atoms with E-state index < -0.39 is 0 Å². The van der Waals surface area contributed by atoms with E-state index in [2.05, 4.69) is 29.2 Å². The Kier molecular flexibility index (Phi) is 2.30. The van der Waals surface area contributed by atoms with E-state index in [4.69, 9.17) is 0 Å². The first kappa shape index (κ1) is 10.7. The van der Waals surface area contributed by atoms with Gasteiger partial charge in [-0.2, -0.15) is 0 Å². The highest BCUT2D eigenvalue weighted by atomic mass is 14.8. The van der Waals surface area contributed by atoms with Gasteiger partial charge in [-0.05, 0) is 43.7 Å². The summed E-state index contributed by atoms with van der Waals surface area (Å²) in [7, 11) is 0. The molecule has 0 unspecified atom stereocenters. The van der Waals surface area contributed by atoms with Gasteiger partial charge in [-0.25, -0.2) is 0 Å². The molecule has 1 saturated carbocycles. The van der Waals surface area contributed by atoms with E-state index in [-0.39, 0.29) is 0 Å². The molecule has 1 spiro atoms.